The summed E-state index contributed by atoms with van der Waals surface area (Å²) in [7, 11) is 0. The molecule has 32 heavy (non-hydrogen) atoms. The van der Waals surface area contributed by atoms with E-state index in [0.29, 0.717) is 29.6 Å². The maximum atomic E-state index is 12.4. The number of aliphatic hydroxyl groups is 1. The summed E-state index contributed by atoms with van der Waals surface area (Å²) in [5, 5.41) is 12.0. The summed E-state index contributed by atoms with van der Waals surface area (Å²) in [5.41, 5.74) is 0.572. The van der Waals surface area contributed by atoms with E-state index in [0.717, 1.165) is 37.5 Å². The molecule has 0 spiro atoms. The van der Waals surface area contributed by atoms with Crippen molar-refractivity contribution in [3.05, 3.63) is 0 Å². The van der Waals surface area contributed by atoms with Crippen molar-refractivity contribution in [3.63, 3.8) is 0 Å². The number of halogens is 1. The molecule has 1 unspecified atom stereocenters. The Bertz CT molecular complexity index is 701. The highest BCUT2D eigenvalue weighted by atomic mass is 35.5. The van der Waals surface area contributed by atoms with E-state index in [2.05, 4.69) is 19.2 Å². The van der Waals surface area contributed by atoms with Crippen molar-refractivity contribution >= 4 is 24.2 Å². The third-order valence-electron chi connectivity index (χ3n) is 10.3. The highest BCUT2D eigenvalue weighted by molar-refractivity contribution is 5.85. The second-order valence-corrected chi connectivity index (χ2v) is 11.7. The molecule has 0 radical (unpaired) electrons. The maximum Gasteiger partial charge on any atom is 0.323 e. The molecule has 4 rings (SSSR count). The Balaban J connectivity index is 0.00000289. The van der Waals surface area contributed by atoms with Crippen molar-refractivity contribution in [2.45, 2.75) is 97.6 Å². The average molecular weight is 470 g/mol. The van der Waals surface area contributed by atoms with Crippen LogP contribution in [0.15, 0.2) is 0 Å². The third-order valence-corrected chi connectivity index (χ3v) is 10.3. The molecule has 9 atom stereocenters. The molecule has 184 valence electrons. The van der Waals surface area contributed by atoms with Gasteiger partial charge in [-0.1, -0.05) is 13.8 Å². The minimum Gasteiger partial charge on any atom is -0.461 e. The van der Waals surface area contributed by atoms with Gasteiger partial charge in [0.25, 0.3) is 0 Å². The van der Waals surface area contributed by atoms with Gasteiger partial charge < -0.3 is 15.2 Å². The molecule has 6 heteroatoms. The summed E-state index contributed by atoms with van der Waals surface area (Å²) in [5.74, 6) is 3.38. The van der Waals surface area contributed by atoms with E-state index in [1.165, 1.54) is 32.1 Å². The van der Waals surface area contributed by atoms with Crippen LogP contribution in [0.3, 0.4) is 0 Å². The largest absolute Gasteiger partial charge is 0.461 e. The van der Waals surface area contributed by atoms with E-state index < -0.39 is 0 Å². The van der Waals surface area contributed by atoms with E-state index in [4.69, 9.17) is 9.84 Å². The molecule has 4 aliphatic carbocycles. The molecule has 0 amide bonds. The van der Waals surface area contributed by atoms with E-state index in [1.807, 2.05) is 13.8 Å². The van der Waals surface area contributed by atoms with Gasteiger partial charge in [-0.05, 0) is 106 Å². The van der Waals surface area contributed by atoms with E-state index in [1.54, 1.807) is 0 Å². The first-order valence-corrected chi connectivity index (χ1v) is 12.8. The lowest BCUT2D eigenvalue weighted by molar-refractivity contribution is -0.164. The highest BCUT2D eigenvalue weighted by Gasteiger charge is 2.60. The van der Waals surface area contributed by atoms with Crippen LogP contribution in [0.5, 0.6) is 0 Å². The Morgan fingerprint density at radius 2 is 1.72 bits per heavy atom. The summed E-state index contributed by atoms with van der Waals surface area (Å²) in [6.45, 7) is 9.00. The Kier molecular flexibility index (Phi) is 8.04. The quantitative estimate of drug-likeness (QED) is 0.558. The summed E-state index contributed by atoms with van der Waals surface area (Å²) in [6.07, 6.45) is 10.5. The van der Waals surface area contributed by atoms with Crippen LogP contribution in [0.1, 0.15) is 85.5 Å². The van der Waals surface area contributed by atoms with Crippen molar-refractivity contribution in [1.82, 2.24) is 5.32 Å². The van der Waals surface area contributed by atoms with Gasteiger partial charge in [0.05, 0.1) is 6.61 Å². The topological polar surface area (TPSA) is 75.6 Å². The molecular formula is C26H44ClNO4. The Morgan fingerprint density at radius 1 is 1.03 bits per heavy atom. The molecule has 0 heterocycles. The van der Waals surface area contributed by atoms with Crippen LogP contribution in [0.4, 0.5) is 0 Å². The van der Waals surface area contributed by atoms with Crippen molar-refractivity contribution in [2.75, 3.05) is 13.2 Å². The maximum absolute atomic E-state index is 12.4. The van der Waals surface area contributed by atoms with Crippen LogP contribution >= 0.6 is 12.4 Å². The molecule has 4 saturated carbocycles. The van der Waals surface area contributed by atoms with Gasteiger partial charge in [-0.25, -0.2) is 0 Å². The summed E-state index contributed by atoms with van der Waals surface area (Å²) in [4.78, 5) is 24.8. The molecule has 4 fully saturated rings. The molecule has 5 nitrogen and oxygen atoms in total. The minimum absolute atomic E-state index is 0. The lowest BCUT2D eigenvalue weighted by Crippen LogP contribution is -2.54. The van der Waals surface area contributed by atoms with Gasteiger partial charge in [0, 0.05) is 12.5 Å². The van der Waals surface area contributed by atoms with Crippen molar-refractivity contribution < 1.29 is 19.4 Å². The Morgan fingerprint density at radius 3 is 2.41 bits per heavy atom. The Hall–Kier alpha value is -0.650. The second kappa shape index (κ2) is 9.92. The summed E-state index contributed by atoms with van der Waals surface area (Å²) < 4.78 is 5.89. The number of carbonyl (C=O) groups excluding carboxylic acids is 2. The van der Waals surface area contributed by atoms with Crippen LogP contribution in [-0.2, 0) is 14.3 Å². The second-order valence-electron chi connectivity index (χ2n) is 11.7. The molecule has 4 aliphatic rings. The number of esters is 1. The molecule has 0 aromatic rings. The fourth-order valence-electron chi connectivity index (χ4n) is 8.62. The number of Topliss-reactive ketones (excluding diaryl/α,β-unsaturated/α-hetero) is 1. The Labute approximate surface area is 200 Å². The SMILES string of the molecule is CC(=O)[C@H]1CC[C@H]2[C@@H]3CC[C@H]4C[C@H](OC(=O)C(C)NCCO)CC[C@]4(C)[C@H]3CC[C@]12C.Cl. The molecule has 0 saturated heterocycles. The van der Waals surface area contributed by atoms with Gasteiger partial charge >= 0.3 is 5.97 Å². The third kappa shape index (κ3) is 4.38. The number of carbonyl (C=O) groups is 2. The first-order chi connectivity index (χ1) is 14.7. The molecule has 0 aromatic carbocycles. The van der Waals surface area contributed by atoms with E-state index in [-0.39, 0.29) is 48.5 Å². The van der Waals surface area contributed by atoms with Crippen LogP contribution < -0.4 is 5.32 Å². The molecule has 0 bridgehead atoms. The zero-order valence-corrected chi connectivity index (χ0v) is 21.2. The smallest absolute Gasteiger partial charge is 0.323 e. The summed E-state index contributed by atoms with van der Waals surface area (Å²) >= 11 is 0. The monoisotopic (exact) mass is 469 g/mol. The number of nitrogens with one attached hydrogen (secondary N) is 1. The van der Waals surface area contributed by atoms with Crippen LogP contribution in [0.2, 0.25) is 0 Å². The van der Waals surface area contributed by atoms with Gasteiger partial charge in [0.1, 0.15) is 17.9 Å². The van der Waals surface area contributed by atoms with E-state index in [9.17, 15) is 9.59 Å². The predicted octanol–water partition coefficient (Wildman–Crippen LogP) is 4.54. The standard InChI is InChI=1S/C26H43NO4.ClH/c1-16(27-13-14-28)24(30)31-19-9-11-25(3)18(15-19)5-6-20-22-8-7-21(17(2)29)26(22,4)12-10-23(20)25;/h16,18-23,27-28H,5-15H2,1-4H3;1H/t16?,18-,19+,20-,21+,22-,23-,25-,26+;/m0./s1. The number of ether oxygens (including phenoxy) is 1. The number of hydrogen-bond acceptors (Lipinski definition) is 5. The van der Waals surface area contributed by atoms with Crippen molar-refractivity contribution in [1.29, 1.82) is 0 Å². The van der Waals surface area contributed by atoms with Crippen LogP contribution in [0.25, 0.3) is 0 Å². The molecule has 0 aliphatic heterocycles. The van der Waals surface area contributed by atoms with Gasteiger partial charge in [-0.2, -0.15) is 0 Å². The van der Waals surface area contributed by atoms with Gasteiger partial charge in [0.15, 0.2) is 0 Å². The fraction of sp³-hybridized carbons (Fsp3) is 0.923. The van der Waals surface area contributed by atoms with Gasteiger partial charge in [0.2, 0.25) is 0 Å². The predicted molar refractivity (Wildman–Crippen MR) is 128 cm³/mol. The zero-order valence-electron chi connectivity index (χ0n) is 20.4. The number of aliphatic hydroxyl groups excluding tert-OH is 1. The number of rotatable bonds is 6. The minimum atomic E-state index is -0.371. The van der Waals surface area contributed by atoms with E-state index >= 15 is 0 Å². The lowest BCUT2D eigenvalue weighted by Gasteiger charge is -2.61. The van der Waals surface area contributed by atoms with Gasteiger partial charge in [-0.15, -0.1) is 12.4 Å². The van der Waals surface area contributed by atoms with Crippen LogP contribution in [0, 0.1) is 40.4 Å². The number of ketones is 1. The molecule has 2 N–H and O–H groups in total. The van der Waals surface area contributed by atoms with Crippen molar-refractivity contribution in [3.8, 4) is 0 Å². The number of fused-ring (bicyclic) bond motifs is 5. The lowest BCUT2D eigenvalue weighted by atomic mass is 9.44. The first-order valence-electron chi connectivity index (χ1n) is 12.8. The zero-order chi connectivity index (χ0) is 22.4. The first kappa shape index (κ1) is 26.0. The van der Waals surface area contributed by atoms with Crippen molar-refractivity contribution in [2.24, 2.45) is 40.4 Å². The highest BCUT2D eigenvalue weighted by Crippen LogP contribution is 2.67. The summed E-state index contributed by atoms with van der Waals surface area (Å²) in [6, 6.07) is -0.371. The molecular weight excluding hydrogens is 426 g/mol. The number of hydrogen-bond donors (Lipinski definition) is 2. The molecule has 0 aromatic heterocycles. The average Bonchev–Trinajstić information content (AvgIpc) is 3.09. The van der Waals surface area contributed by atoms with Crippen LogP contribution in [-0.4, -0.2) is 42.2 Å². The van der Waals surface area contributed by atoms with Gasteiger partial charge in [-0.3, -0.25) is 9.59 Å². The fourth-order valence-corrected chi connectivity index (χ4v) is 8.62. The normalized spacial score (nSPS) is 43.8.